The van der Waals surface area contributed by atoms with Crippen LogP contribution in [-0.4, -0.2) is 29.6 Å². The molecule has 2 nitrogen and oxygen atoms in total. The minimum absolute atomic E-state index is 0.201. The largest absolute Gasteiger partial charge is 0.308 e. The van der Waals surface area contributed by atoms with Crippen molar-refractivity contribution in [2.45, 2.75) is 44.8 Å². The highest BCUT2D eigenvalue weighted by Crippen LogP contribution is 2.41. The lowest BCUT2D eigenvalue weighted by Gasteiger charge is -2.45. The highest BCUT2D eigenvalue weighted by Gasteiger charge is 2.45. The Morgan fingerprint density at radius 1 is 1.45 bits per heavy atom. The first-order valence-corrected chi connectivity index (χ1v) is 7.79. The fourth-order valence-electron chi connectivity index (χ4n) is 3.24. The fraction of sp³-hybridized carbons (Fsp3) is 0.625. The van der Waals surface area contributed by atoms with Gasteiger partial charge in [0.25, 0.3) is 0 Å². The number of rotatable bonds is 3. The van der Waals surface area contributed by atoms with Crippen LogP contribution in [0.2, 0.25) is 5.02 Å². The minimum atomic E-state index is -0.322. The summed E-state index contributed by atoms with van der Waals surface area (Å²) in [6.45, 7) is 7.25. The molecule has 1 aliphatic heterocycles. The first-order chi connectivity index (χ1) is 9.49. The Labute approximate surface area is 125 Å². The summed E-state index contributed by atoms with van der Waals surface area (Å²) in [6.07, 6.45) is 2.65. The normalized spacial score (nSPS) is 31.5. The van der Waals surface area contributed by atoms with Crippen LogP contribution in [0.15, 0.2) is 18.2 Å². The second-order valence-electron chi connectivity index (χ2n) is 6.54. The third-order valence-electron chi connectivity index (χ3n) is 4.84. The summed E-state index contributed by atoms with van der Waals surface area (Å²) in [7, 11) is 0. The molecule has 2 atom stereocenters. The van der Waals surface area contributed by atoms with Gasteiger partial charge in [-0.05, 0) is 44.2 Å². The van der Waals surface area contributed by atoms with E-state index >= 15 is 0 Å². The van der Waals surface area contributed by atoms with Crippen LogP contribution in [0.25, 0.3) is 0 Å². The second-order valence-corrected chi connectivity index (χ2v) is 6.92. The van der Waals surface area contributed by atoms with Crippen LogP contribution in [0.4, 0.5) is 4.39 Å². The number of hydrogen-bond acceptors (Lipinski definition) is 2. The second kappa shape index (κ2) is 5.28. The molecule has 1 N–H and O–H groups in total. The van der Waals surface area contributed by atoms with Crippen molar-refractivity contribution in [2.75, 3.05) is 13.1 Å². The summed E-state index contributed by atoms with van der Waals surface area (Å²) in [5, 5.41) is 3.97. The molecular weight excluding hydrogens is 275 g/mol. The molecule has 0 aromatic heterocycles. The fourth-order valence-corrected chi connectivity index (χ4v) is 3.42. The lowest BCUT2D eigenvalue weighted by molar-refractivity contribution is 0.0770. The zero-order valence-electron chi connectivity index (χ0n) is 12.1. The van der Waals surface area contributed by atoms with Gasteiger partial charge in [-0.25, -0.2) is 4.39 Å². The van der Waals surface area contributed by atoms with Gasteiger partial charge in [-0.3, -0.25) is 4.90 Å². The smallest absolute Gasteiger partial charge is 0.142 e. The first kappa shape index (κ1) is 14.3. The number of halogens is 2. The van der Waals surface area contributed by atoms with E-state index in [1.165, 1.54) is 18.9 Å². The van der Waals surface area contributed by atoms with Crippen molar-refractivity contribution in [3.63, 3.8) is 0 Å². The maximum atomic E-state index is 13.6. The monoisotopic (exact) mass is 296 g/mol. The Balaban J connectivity index is 1.76. The number of piperazine rings is 1. The van der Waals surface area contributed by atoms with E-state index in [1.807, 2.05) is 6.07 Å². The molecule has 2 aliphatic rings. The average molecular weight is 297 g/mol. The van der Waals surface area contributed by atoms with Crippen molar-refractivity contribution in [2.24, 2.45) is 5.92 Å². The van der Waals surface area contributed by atoms with Crippen molar-refractivity contribution in [3.8, 4) is 0 Å². The molecule has 1 aromatic carbocycles. The summed E-state index contributed by atoms with van der Waals surface area (Å²) in [6, 6.07) is 5.53. The van der Waals surface area contributed by atoms with Gasteiger partial charge in [0.2, 0.25) is 0 Å². The van der Waals surface area contributed by atoms with Crippen LogP contribution < -0.4 is 5.32 Å². The van der Waals surface area contributed by atoms with Gasteiger partial charge in [0.1, 0.15) is 5.82 Å². The molecule has 0 spiro atoms. The van der Waals surface area contributed by atoms with Gasteiger partial charge in [-0.1, -0.05) is 23.7 Å². The van der Waals surface area contributed by atoms with E-state index in [0.29, 0.717) is 6.04 Å². The van der Waals surface area contributed by atoms with Gasteiger partial charge >= 0.3 is 0 Å². The summed E-state index contributed by atoms with van der Waals surface area (Å²) in [4.78, 5) is 2.43. The third-order valence-corrected chi connectivity index (χ3v) is 5.26. The standard InChI is InChI=1S/C16H22ClFN2/c1-11-8-19-16(2,13-6-7-13)10-20(11)9-12-4-3-5-14(18)15(12)17/h3-5,11,13,19H,6-10H2,1-2H3. The van der Waals surface area contributed by atoms with Crippen LogP contribution in [0.3, 0.4) is 0 Å². The lowest BCUT2D eigenvalue weighted by Crippen LogP contribution is -2.62. The quantitative estimate of drug-likeness (QED) is 0.919. The lowest BCUT2D eigenvalue weighted by atomic mass is 9.91. The molecular formula is C16H22ClFN2. The number of nitrogens with one attached hydrogen (secondary N) is 1. The molecule has 2 unspecified atom stereocenters. The van der Waals surface area contributed by atoms with Crippen molar-refractivity contribution in [3.05, 3.63) is 34.6 Å². The molecule has 1 saturated heterocycles. The van der Waals surface area contributed by atoms with E-state index in [4.69, 9.17) is 11.6 Å². The summed E-state index contributed by atoms with van der Waals surface area (Å²) in [5.74, 6) is 0.470. The van der Waals surface area contributed by atoms with E-state index in [2.05, 4.69) is 24.1 Å². The van der Waals surface area contributed by atoms with E-state index in [9.17, 15) is 4.39 Å². The summed E-state index contributed by atoms with van der Waals surface area (Å²) < 4.78 is 13.6. The molecule has 110 valence electrons. The molecule has 0 radical (unpaired) electrons. The predicted molar refractivity (Wildman–Crippen MR) is 80.4 cm³/mol. The maximum absolute atomic E-state index is 13.6. The minimum Gasteiger partial charge on any atom is -0.308 e. The first-order valence-electron chi connectivity index (χ1n) is 7.41. The molecule has 0 amide bonds. The SMILES string of the molecule is CC1CNC(C)(C2CC2)CN1Cc1cccc(F)c1Cl. The highest BCUT2D eigenvalue weighted by atomic mass is 35.5. The van der Waals surface area contributed by atoms with Crippen LogP contribution in [-0.2, 0) is 6.54 Å². The van der Waals surface area contributed by atoms with Crippen LogP contribution in [0.5, 0.6) is 0 Å². The number of nitrogens with zero attached hydrogens (tertiary/aromatic N) is 1. The molecule has 1 aliphatic carbocycles. The molecule has 0 bridgehead atoms. The van der Waals surface area contributed by atoms with Crippen LogP contribution in [0, 0.1) is 11.7 Å². The van der Waals surface area contributed by atoms with Gasteiger partial charge in [0, 0.05) is 31.2 Å². The third kappa shape index (κ3) is 2.72. The number of hydrogen-bond donors (Lipinski definition) is 1. The topological polar surface area (TPSA) is 15.3 Å². The Morgan fingerprint density at radius 3 is 2.90 bits per heavy atom. The van der Waals surface area contributed by atoms with E-state index < -0.39 is 0 Å². The highest BCUT2D eigenvalue weighted by molar-refractivity contribution is 6.31. The summed E-state index contributed by atoms with van der Waals surface area (Å²) >= 11 is 6.09. The molecule has 3 rings (SSSR count). The van der Waals surface area contributed by atoms with Gasteiger partial charge < -0.3 is 5.32 Å². The molecule has 1 aromatic rings. The zero-order chi connectivity index (χ0) is 14.3. The summed E-state index contributed by atoms with van der Waals surface area (Å²) in [5.41, 5.74) is 1.09. The van der Waals surface area contributed by atoms with Crippen LogP contribution >= 0.6 is 11.6 Å². The van der Waals surface area contributed by atoms with Crippen molar-refractivity contribution in [1.29, 1.82) is 0 Å². The predicted octanol–water partition coefficient (Wildman–Crippen LogP) is 3.44. The van der Waals surface area contributed by atoms with Crippen molar-refractivity contribution >= 4 is 11.6 Å². The van der Waals surface area contributed by atoms with E-state index in [1.54, 1.807) is 6.07 Å². The number of benzene rings is 1. The Bertz CT molecular complexity index is 503. The molecule has 2 fully saturated rings. The zero-order valence-corrected chi connectivity index (χ0v) is 12.9. The molecule has 1 heterocycles. The molecule has 20 heavy (non-hydrogen) atoms. The van der Waals surface area contributed by atoms with Crippen molar-refractivity contribution in [1.82, 2.24) is 10.2 Å². The average Bonchev–Trinajstić information content (AvgIpc) is 3.24. The Kier molecular flexibility index (Phi) is 3.78. The van der Waals surface area contributed by atoms with Crippen molar-refractivity contribution < 1.29 is 4.39 Å². The molecule has 1 saturated carbocycles. The maximum Gasteiger partial charge on any atom is 0.142 e. The van der Waals surface area contributed by atoms with Gasteiger partial charge in [0.15, 0.2) is 0 Å². The Morgan fingerprint density at radius 2 is 2.20 bits per heavy atom. The van der Waals surface area contributed by atoms with Gasteiger partial charge in [0.05, 0.1) is 5.02 Å². The van der Waals surface area contributed by atoms with Gasteiger partial charge in [-0.2, -0.15) is 0 Å². The Hall–Kier alpha value is -0.640. The van der Waals surface area contributed by atoms with E-state index in [0.717, 1.165) is 31.1 Å². The van der Waals surface area contributed by atoms with Crippen LogP contribution in [0.1, 0.15) is 32.3 Å². The molecule has 4 heteroatoms. The van der Waals surface area contributed by atoms with E-state index in [-0.39, 0.29) is 16.4 Å². The van der Waals surface area contributed by atoms with Gasteiger partial charge in [-0.15, -0.1) is 0 Å².